The lowest BCUT2D eigenvalue weighted by molar-refractivity contribution is 0.372. The van der Waals surface area contributed by atoms with Crippen molar-refractivity contribution in [3.05, 3.63) is 41.6 Å². The first kappa shape index (κ1) is 18.4. The highest BCUT2D eigenvalue weighted by molar-refractivity contribution is 5.62. The lowest BCUT2D eigenvalue weighted by atomic mass is 10.0. The molecule has 28 heavy (non-hydrogen) atoms. The Balaban J connectivity index is 1.41. The summed E-state index contributed by atoms with van der Waals surface area (Å²) in [6, 6.07) is 6.54. The Morgan fingerprint density at radius 3 is 2.68 bits per heavy atom. The molecule has 4 heterocycles. The molecular formula is C19H25N9. The van der Waals surface area contributed by atoms with Crippen LogP contribution in [0.1, 0.15) is 43.0 Å². The molecule has 1 atom stereocenters. The number of hydrogen-bond donors (Lipinski definition) is 2. The molecular weight excluding hydrogens is 354 g/mol. The number of H-pyrrole nitrogens is 1. The largest absolute Gasteiger partial charge is 0.341 e. The van der Waals surface area contributed by atoms with Gasteiger partial charge in [0.2, 0.25) is 5.95 Å². The Morgan fingerprint density at radius 2 is 1.96 bits per heavy atom. The molecule has 0 spiro atoms. The van der Waals surface area contributed by atoms with Gasteiger partial charge in [-0.1, -0.05) is 5.21 Å². The van der Waals surface area contributed by atoms with Crippen molar-refractivity contribution >= 4 is 5.95 Å². The molecule has 4 rings (SSSR count). The standard InChI is InChI=1S/C19H25N9/c1-12-4-5-16(13(2)21-12)17-6-9-20-19(23-17)28-10-7-15(8-11-28)22-14(3)18-24-26-27-25-18/h4-6,9,14-15,22H,7-8,10-11H2,1-3H3,(H,24,25,26,27). The lowest BCUT2D eigenvalue weighted by Gasteiger charge is -2.33. The third-order valence-corrected chi connectivity index (χ3v) is 5.16. The van der Waals surface area contributed by atoms with Crippen LogP contribution in [-0.2, 0) is 0 Å². The number of aromatic nitrogens is 7. The quantitative estimate of drug-likeness (QED) is 0.693. The maximum atomic E-state index is 4.81. The van der Waals surface area contributed by atoms with Crippen LogP contribution in [0, 0.1) is 13.8 Å². The summed E-state index contributed by atoms with van der Waals surface area (Å²) >= 11 is 0. The molecule has 0 radical (unpaired) electrons. The molecule has 2 N–H and O–H groups in total. The van der Waals surface area contributed by atoms with E-state index < -0.39 is 0 Å². The van der Waals surface area contributed by atoms with Gasteiger partial charge in [0.25, 0.3) is 0 Å². The monoisotopic (exact) mass is 379 g/mol. The van der Waals surface area contributed by atoms with E-state index in [1.165, 1.54) is 0 Å². The Labute approximate surface area is 164 Å². The second kappa shape index (κ2) is 7.97. The molecule has 0 aliphatic carbocycles. The number of pyridine rings is 1. The summed E-state index contributed by atoms with van der Waals surface area (Å²) in [5.74, 6) is 1.47. The van der Waals surface area contributed by atoms with Gasteiger partial charge in [0, 0.05) is 42.3 Å². The fraction of sp³-hybridized carbons (Fsp3) is 0.474. The minimum Gasteiger partial charge on any atom is -0.341 e. The zero-order valence-corrected chi connectivity index (χ0v) is 16.4. The smallest absolute Gasteiger partial charge is 0.225 e. The number of anilines is 1. The molecule has 9 nitrogen and oxygen atoms in total. The van der Waals surface area contributed by atoms with E-state index in [0.29, 0.717) is 11.9 Å². The molecule has 0 aromatic carbocycles. The van der Waals surface area contributed by atoms with Gasteiger partial charge < -0.3 is 10.2 Å². The predicted molar refractivity (Wildman–Crippen MR) is 106 cm³/mol. The first-order valence-corrected chi connectivity index (χ1v) is 9.62. The summed E-state index contributed by atoms with van der Waals surface area (Å²) in [6.45, 7) is 7.89. The van der Waals surface area contributed by atoms with Crippen LogP contribution in [0.25, 0.3) is 11.3 Å². The summed E-state index contributed by atoms with van der Waals surface area (Å²) in [4.78, 5) is 16.1. The number of tetrazole rings is 1. The molecule has 1 aliphatic heterocycles. The van der Waals surface area contributed by atoms with E-state index in [1.807, 2.05) is 32.2 Å². The van der Waals surface area contributed by atoms with E-state index in [-0.39, 0.29) is 6.04 Å². The van der Waals surface area contributed by atoms with Gasteiger partial charge in [-0.15, -0.1) is 10.2 Å². The Hall–Kier alpha value is -2.94. The van der Waals surface area contributed by atoms with Crippen LogP contribution in [0.15, 0.2) is 24.4 Å². The molecule has 1 unspecified atom stereocenters. The topological polar surface area (TPSA) is 108 Å². The molecule has 9 heteroatoms. The van der Waals surface area contributed by atoms with E-state index in [4.69, 9.17) is 4.98 Å². The third-order valence-electron chi connectivity index (χ3n) is 5.16. The second-order valence-electron chi connectivity index (χ2n) is 7.25. The summed E-state index contributed by atoms with van der Waals surface area (Å²) < 4.78 is 0. The molecule has 1 aliphatic rings. The van der Waals surface area contributed by atoms with Crippen molar-refractivity contribution in [2.24, 2.45) is 0 Å². The zero-order valence-electron chi connectivity index (χ0n) is 16.4. The Kier molecular flexibility index (Phi) is 5.25. The van der Waals surface area contributed by atoms with Crippen molar-refractivity contribution in [2.45, 2.75) is 45.7 Å². The fourth-order valence-corrected chi connectivity index (χ4v) is 3.64. The summed E-state index contributed by atoms with van der Waals surface area (Å²) in [5, 5.41) is 17.8. The lowest BCUT2D eigenvalue weighted by Crippen LogP contribution is -2.44. The maximum absolute atomic E-state index is 4.81. The highest BCUT2D eigenvalue weighted by atomic mass is 15.5. The average Bonchev–Trinajstić information content (AvgIpc) is 3.24. The van der Waals surface area contributed by atoms with Crippen LogP contribution in [0.3, 0.4) is 0 Å². The normalized spacial score (nSPS) is 16.3. The predicted octanol–water partition coefficient (Wildman–Crippen LogP) is 1.99. The molecule has 146 valence electrons. The number of piperidine rings is 1. The Morgan fingerprint density at radius 1 is 1.14 bits per heavy atom. The number of hydrogen-bond acceptors (Lipinski definition) is 8. The first-order valence-electron chi connectivity index (χ1n) is 9.62. The third kappa shape index (κ3) is 3.99. The van der Waals surface area contributed by atoms with Crippen molar-refractivity contribution in [3.63, 3.8) is 0 Å². The van der Waals surface area contributed by atoms with E-state index in [1.54, 1.807) is 0 Å². The number of aromatic amines is 1. The van der Waals surface area contributed by atoms with Gasteiger partial charge in [-0.3, -0.25) is 4.98 Å². The van der Waals surface area contributed by atoms with E-state index in [2.05, 4.69) is 53.8 Å². The summed E-state index contributed by atoms with van der Waals surface area (Å²) in [7, 11) is 0. The van der Waals surface area contributed by atoms with Gasteiger partial charge in [0.05, 0.1) is 11.7 Å². The van der Waals surface area contributed by atoms with Gasteiger partial charge in [-0.25, -0.2) is 9.97 Å². The molecule has 0 amide bonds. The Bertz CT molecular complexity index is 917. The molecule has 3 aromatic rings. The van der Waals surface area contributed by atoms with Gasteiger partial charge in [0.1, 0.15) is 0 Å². The van der Waals surface area contributed by atoms with Crippen LogP contribution < -0.4 is 10.2 Å². The second-order valence-corrected chi connectivity index (χ2v) is 7.25. The molecule has 1 saturated heterocycles. The van der Waals surface area contributed by atoms with Crippen molar-refractivity contribution in [2.75, 3.05) is 18.0 Å². The maximum Gasteiger partial charge on any atom is 0.225 e. The van der Waals surface area contributed by atoms with Crippen LogP contribution in [0.5, 0.6) is 0 Å². The van der Waals surface area contributed by atoms with Crippen molar-refractivity contribution in [1.82, 2.24) is 40.9 Å². The number of nitrogens with zero attached hydrogens (tertiary/aromatic N) is 7. The minimum atomic E-state index is 0.0758. The van der Waals surface area contributed by atoms with Crippen LogP contribution >= 0.6 is 0 Å². The van der Waals surface area contributed by atoms with Crippen LogP contribution in [0.2, 0.25) is 0 Å². The van der Waals surface area contributed by atoms with Crippen molar-refractivity contribution in [3.8, 4) is 11.3 Å². The van der Waals surface area contributed by atoms with E-state index in [9.17, 15) is 0 Å². The molecule has 0 saturated carbocycles. The van der Waals surface area contributed by atoms with Crippen molar-refractivity contribution < 1.29 is 0 Å². The molecule has 1 fully saturated rings. The van der Waals surface area contributed by atoms with Gasteiger partial charge in [-0.05, 0) is 51.8 Å². The first-order chi connectivity index (χ1) is 13.6. The highest BCUT2D eigenvalue weighted by Gasteiger charge is 2.23. The number of aryl methyl sites for hydroxylation is 2. The number of nitrogens with one attached hydrogen (secondary N) is 2. The molecule has 0 bridgehead atoms. The summed E-state index contributed by atoms with van der Waals surface area (Å²) in [6.07, 6.45) is 3.86. The van der Waals surface area contributed by atoms with Crippen molar-refractivity contribution in [1.29, 1.82) is 0 Å². The molecule has 3 aromatic heterocycles. The average molecular weight is 379 g/mol. The van der Waals surface area contributed by atoms with Crippen LogP contribution in [0.4, 0.5) is 5.95 Å². The van der Waals surface area contributed by atoms with Gasteiger partial charge >= 0.3 is 0 Å². The number of rotatable bonds is 5. The van der Waals surface area contributed by atoms with E-state index >= 15 is 0 Å². The van der Waals surface area contributed by atoms with Gasteiger partial charge in [-0.2, -0.15) is 5.21 Å². The van der Waals surface area contributed by atoms with Crippen LogP contribution in [-0.4, -0.2) is 54.7 Å². The van der Waals surface area contributed by atoms with E-state index in [0.717, 1.165) is 54.5 Å². The SMILES string of the molecule is Cc1ccc(-c2ccnc(N3CCC(NC(C)c4nn[nH]n4)CC3)n2)c(C)n1. The highest BCUT2D eigenvalue weighted by Crippen LogP contribution is 2.24. The zero-order chi connectivity index (χ0) is 19.5. The summed E-state index contributed by atoms with van der Waals surface area (Å²) in [5.41, 5.74) is 3.98. The fourth-order valence-electron chi connectivity index (χ4n) is 3.64. The minimum absolute atomic E-state index is 0.0758. The van der Waals surface area contributed by atoms with Gasteiger partial charge in [0.15, 0.2) is 5.82 Å².